The number of hydrogen-bond acceptors (Lipinski definition) is 4. The van der Waals surface area contributed by atoms with Crippen molar-refractivity contribution in [1.82, 2.24) is 10.3 Å². The van der Waals surface area contributed by atoms with Crippen molar-refractivity contribution in [2.75, 3.05) is 13.2 Å². The van der Waals surface area contributed by atoms with Gasteiger partial charge in [-0.15, -0.1) is 0 Å². The fraction of sp³-hybridized carbons (Fsp3) is 0.375. The predicted octanol–water partition coefficient (Wildman–Crippen LogP) is 3.47. The molecule has 0 amide bonds. The normalized spacial score (nSPS) is 25.6. The Morgan fingerprint density at radius 1 is 1.17 bits per heavy atom. The van der Waals surface area contributed by atoms with E-state index >= 15 is 0 Å². The van der Waals surface area contributed by atoms with Crippen LogP contribution < -0.4 is 5.32 Å². The second kappa shape index (κ2) is 7.32. The third kappa shape index (κ3) is 3.05. The van der Waals surface area contributed by atoms with Gasteiger partial charge in [-0.2, -0.15) is 0 Å². The number of aryl methyl sites for hydroxylation is 1. The Balaban J connectivity index is 1.50. The number of para-hydroxylation sites is 1. The predicted molar refractivity (Wildman–Crippen MR) is 112 cm³/mol. The number of fused-ring (bicyclic) bond motifs is 4. The number of hydrogen-bond donors (Lipinski definition) is 2. The smallest absolute Gasteiger partial charge is 0.323 e. The molecule has 1 spiro atoms. The molecule has 29 heavy (non-hydrogen) atoms. The van der Waals surface area contributed by atoms with Gasteiger partial charge in [-0.25, -0.2) is 0 Å². The molecule has 2 aromatic carbocycles. The van der Waals surface area contributed by atoms with Crippen LogP contribution in [0.2, 0.25) is 0 Å². The van der Waals surface area contributed by atoms with E-state index in [1.54, 1.807) is 0 Å². The van der Waals surface area contributed by atoms with E-state index in [2.05, 4.69) is 52.8 Å². The molecule has 2 aliphatic heterocycles. The van der Waals surface area contributed by atoms with Crippen LogP contribution in [0.1, 0.15) is 30.2 Å². The highest BCUT2D eigenvalue weighted by Crippen LogP contribution is 2.45. The van der Waals surface area contributed by atoms with E-state index < -0.39 is 0 Å². The summed E-state index contributed by atoms with van der Waals surface area (Å²) in [5.41, 5.74) is 4.41. The number of rotatable bonds is 5. The number of benzene rings is 2. The van der Waals surface area contributed by atoms with Gasteiger partial charge < -0.3 is 14.5 Å². The zero-order chi connectivity index (χ0) is 19.8. The number of aromatic nitrogens is 1. The number of carbonyl (C=O) groups excluding carboxylic acids is 1. The van der Waals surface area contributed by atoms with Crippen molar-refractivity contribution in [2.24, 2.45) is 0 Å². The Hall–Kier alpha value is -2.63. The largest absolute Gasteiger partial charge is 0.465 e. The maximum atomic E-state index is 12.6. The van der Waals surface area contributed by atoms with E-state index in [0.717, 1.165) is 18.4 Å². The average Bonchev–Trinajstić information content (AvgIpc) is 3.12. The molecule has 3 heterocycles. The zero-order valence-electron chi connectivity index (χ0n) is 16.6. The van der Waals surface area contributed by atoms with Gasteiger partial charge >= 0.3 is 5.97 Å². The minimum absolute atomic E-state index is 0.00625. The molecular formula is C24H26N2O3. The highest BCUT2D eigenvalue weighted by molar-refractivity contribution is 5.87. The quantitative estimate of drug-likeness (QED) is 0.655. The van der Waals surface area contributed by atoms with Gasteiger partial charge in [0.25, 0.3) is 0 Å². The summed E-state index contributed by atoms with van der Waals surface area (Å²) in [4.78, 5) is 16.3. The van der Waals surface area contributed by atoms with Gasteiger partial charge in [-0.05, 0) is 37.0 Å². The van der Waals surface area contributed by atoms with Crippen LogP contribution in [-0.2, 0) is 32.6 Å². The molecule has 0 radical (unpaired) electrons. The first-order chi connectivity index (χ1) is 14.2. The molecule has 0 aliphatic carbocycles. The summed E-state index contributed by atoms with van der Waals surface area (Å²) in [6, 6.07) is 18.4. The second-order valence-corrected chi connectivity index (χ2v) is 7.97. The number of ether oxygens (including phenoxy) is 2. The molecule has 1 fully saturated rings. The fourth-order valence-electron chi connectivity index (χ4n) is 4.82. The van der Waals surface area contributed by atoms with Crippen LogP contribution >= 0.6 is 0 Å². The summed E-state index contributed by atoms with van der Waals surface area (Å²) in [5.74, 6) is -0.184. The Morgan fingerprint density at radius 3 is 2.72 bits per heavy atom. The SMILES string of the molecule is CCOC(=O)[C@@H]1Cc2c([nH]c3ccccc23)[C@@]2(CO[C@H]2CCc2ccccc2)N1. The maximum absolute atomic E-state index is 12.6. The monoisotopic (exact) mass is 390 g/mol. The van der Waals surface area contributed by atoms with Crippen molar-refractivity contribution in [3.63, 3.8) is 0 Å². The Labute approximate surface area is 170 Å². The van der Waals surface area contributed by atoms with Crippen LogP contribution in [0.3, 0.4) is 0 Å². The Bertz CT molecular complexity index is 1030. The third-order valence-electron chi connectivity index (χ3n) is 6.27. The van der Waals surface area contributed by atoms with E-state index in [4.69, 9.17) is 9.47 Å². The molecule has 5 heteroatoms. The minimum Gasteiger partial charge on any atom is -0.465 e. The lowest BCUT2D eigenvalue weighted by atomic mass is 9.75. The van der Waals surface area contributed by atoms with E-state index in [1.165, 1.54) is 22.2 Å². The Kier molecular flexibility index (Phi) is 4.64. The molecule has 0 unspecified atom stereocenters. The molecule has 0 bridgehead atoms. The molecule has 2 N–H and O–H groups in total. The molecule has 3 aromatic rings. The van der Waals surface area contributed by atoms with Gasteiger partial charge in [-0.1, -0.05) is 48.5 Å². The molecule has 5 nitrogen and oxygen atoms in total. The highest BCUT2D eigenvalue weighted by atomic mass is 16.5. The van der Waals surface area contributed by atoms with Gasteiger partial charge in [0.2, 0.25) is 0 Å². The second-order valence-electron chi connectivity index (χ2n) is 7.97. The van der Waals surface area contributed by atoms with E-state index in [0.29, 0.717) is 19.6 Å². The fourth-order valence-corrected chi connectivity index (χ4v) is 4.82. The van der Waals surface area contributed by atoms with Crippen LogP contribution in [0.5, 0.6) is 0 Å². The summed E-state index contributed by atoms with van der Waals surface area (Å²) in [6.45, 7) is 2.80. The van der Waals surface area contributed by atoms with Crippen molar-refractivity contribution < 1.29 is 14.3 Å². The first-order valence-corrected chi connectivity index (χ1v) is 10.4. The van der Waals surface area contributed by atoms with Gasteiger partial charge in [0.1, 0.15) is 11.6 Å². The van der Waals surface area contributed by atoms with Crippen molar-refractivity contribution in [2.45, 2.75) is 43.9 Å². The number of H-pyrrole nitrogens is 1. The van der Waals surface area contributed by atoms with Gasteiger partial charge in [0.15, 0.2) is 0 Å². The van der Waals surface area contributed by atoms with Crippen LogP contribution in [0, 0.1) is 0 Å². The standard InChI is InChI=1S/C24H26N2O3/c1-2-28-23(27)20-14-18-17-10-6-7-11-19(17)25-22(18)24(26-20)15-29-21(24)13-12-16-8-4-3-5-9-16/h3-11,20-21,25-26H,2,12-15H2,1H3/t20-,21-,24-/m0/s1. The summed E-state index contributed by atoms with van der Waals surface area (Å²) in [6.07, 6.45) is 2.47. The summed E-state index contributed by atoms with van der Waals surface area (Å²) in [5, 5.41) is 4.81. The van der Waals surface area contributed by atoms with Crippen LogP contribution in [-0.4, -0.2) is 36.3 Å². The highest BCUT2D eigenvalue weighted by Gasteiger charge is 2.55. The molecule has 150 valence electrons. The van der Waals surface area contributed by atoms with Gasteiger partial charge in [0.05, 0.1) is 19.3 Å². The molecule has 5 rings (SSSR count). The van der Waals surface area contributed by atoms with Crippen molar-refractivity contribution >= 4 is 16.9 Å². The van der Waals surface area contributed by atoms with E-state index in [-0.39, 0.29) is 23.7 Å². The molecular weight excluding hydrogens is 364 g/mol. The van der Waals surface area contributed by atoms with Crippen molar-refractivity contribution in [1.29, 1.82) is 0 Å². The number of carbonyl (C=O) groups is 1. The van der Waals surface area contributed by atoms with E-state index in [9.17, 15) is 4.79 Å². The summed E-state index contributed by atoms with van der Waals surface area (Å²) >= 11 is 0. The number of nitrogens with one attached hydrogen (secondary N) is 2. The lowest BCUT2D eigenvalue weighted by molar-refractivity contribution is -0.174. The molecule has 3 atom stereocenters. The van der Waals surface area contributed by atoms with Gasteiger partial charge in [0, 0.05) is 23.0 Å². The van der Waals surface area contributed by atoms with Gasteiger partial charge in [-0.3, -0.25) is 10.1 Å². The maximum Gasteiger partial charge on any atom is 0.323 e. The summed E-state index contributed by atoms with van der Waals surface area (Å²) < 4.78 is 11.4. The topological polar surface area (TPSA) is 63.4 Å². The van der Waals surface area contributed by atoms with Crippen LogP contribution in [0.15, 0.2) is 54.6 Å². The third-order valence-corrected chi connectivity index (χ3v) is 6.27. The lowest BCUT2D eigenvalue weighted by Crippen LogP contribution is -2.70. The summed E-state index contributed by atoms with van der Waals surface area (Å²) in [7, 11) is 0. The van der Waals surface area contributed by atoms with E-state index in [1.807, 2.05) is 19.1 Å². The Morgan fingerprint density at radius 2 is 1.97 bits per heavy atom. The lowest BCUT2D eigenvalue weighted by Gasteiger charge is -2.53. The molecule has 1 aromatic heterocycles. The molecule has 0 saturated carbocycles. The zero-order valence-corrected chi connectivity index (χ0v) is 16.6. The number of aromatic amines is 1. The number of esters is 1. The molecule has 2 aliphatic rings. The first kappa shape index (κ1) is 18.4. The van der Waals surface area contributed by atoms with Crippen LogP contribution in [0.25, 0.3) is 10.9 Å². The molecule has 1 saturated heterocycles. The van der Waals surface area contributed by atoms with Crippen molar-refractivity contribution in [3.8, 4) is 0 Å². The minimum atomic E-state index is -0.376. The first-order valence-electron chi connectivity index (χ1n) is 10.4. The van der Waals surface area contributed by atoms with Crippen molar-refractivity contribution in [3.05, 3.63) is 71.4 Å². The van der Waals surface area contributed by atoms with Crippen LogP contribution in [0.4, 0.5) is 0 Å². The average molecular weight is 390 g/mol.